The van der Waals surface area contributed by atoms with Gasteiger partial charge in [-0.05, 0) is 49.0 Å². The van der Waals surface area contributed by atoms with Crippen LogP contribution in [0.5, 0.6) is 0 Å². The van der Waals surface area contributed by atoms with E-state index in [9.17, 15) is 0 Å². The van der Waals surface area contributed by atoms with E-state index in [0.717, 1.165) is 5.92 Å². The predicted molar refractivity (Wildman–Crippen MR) is 65.9 cm³/mol. The molecule has 0 radical (unpaired) electrons. The Morgan fingerprint density at radius 3 is 1.73 bits per heavy atom. The van der Waals surface area contributed by atoms with Crippen LogP contribution in [0.15, 0.2) is 0 Å². The largest absolute Gasteiger partial charge is 0.313 e. The highest BCUT2D eigenvalue weighted by atomic mass is 15.0. The molecule has 0 aromatic rings. The van der Waals surface area contributed by atoms with Gasteiger partial charge in [-0.3, -0.25) is 0 Å². The van der Waals surface area contributed by atoms with Crippen molar-refractivity contribution in [3.05, 3.63) is 0 Å². The van der Waals surface area contributed by atoms with E-state index in [1.807, 2.05) is 0 Å². The summed E-state index contributed by atoms with van der Waals surface area (Å²) >= 11 is 0. The van der Waals surface area contributed by atoms with Crippen LogP contribution in [0.25, 0.3) is 0 Å². The highest BCUT2D eigenvalue weighted by Crippen LogP contribution is 2.75. The summed E-state index contributed by atoms with van der Waals surface area (Å²) in [7, 11) is 2.14. The van der Waals surface area contributed by atoms with Crippen LogP contribution in [0, 0.1) is 22.2 Å². The average Bonchev–Trinajstić information content (AvgIpc) is 2.40. The van der Waals surface area contributed by atoms with Crippen LogP contribution in [0.4, 0.5) is 0 Å². The zero-order valence-electron chi connectivity index (χ0n) is 11.5. The molecular formula is C14H27N. The predicted octanol–water partition coefficient (Wildman–Crippen LogP) is 3.45. The van der Waals surface area contributed by atoms with E-state index in [0.29, 0.717) is 16.2 Å². The number of rotatable bonds is 1. The second kappa shape index (κ2) is 2.61. The van der Waals surface area contributed by atoms with Crippen LogP contribution < -0.4 is 5.32 Å². The third-order valence-electron chi connectivity index (χ3n) is 6.99. The van der Waals surface area contributed by atoms with Crippen LogP contribution >= 0.6 is 0 Å². The first-order chi connectivity index (χ1) is 6.65. The van der Waals surface area contributed by atoms with Gasteiger partial charge >= 0.3 is 0 Å². The maximum absolute atomic E-state index is 3.66. The molecule has 2 fully saturated rings. The van der Waals surface area contributed by atoms with E-state index in [1.54, 1.807) is 0 Å². The molecule has 1 nitrogen and oxygen atoms in total. The maximum atomic E-state index is 3.66. The van der Waals surface area contributed by atoms with Crippen molar-refractivity contribution in [2.45, 2.75) is 59.9 Å². The lowest BCUT2D eigenvalue weighted by Gasteiger charge is -2.53. The average molecular weight is 209 g/mol. The molecule has 15 heavy (non-hydrogen) atoms. The van der Waals surface area contributed by atoms with Gasteiger partial charge in [0.05, 0.1) is 0 Å². The molecule has 1 heteroatoms. The minimum Gasteiger partial charge on any atom is -0.313 e. The highest BCUT2D eigenvalue weighted by Gasteiger charge is 2.74. The molecule has 0 spiro atoms. The second-order valence-electron chi connectivity index (χ2n) is 7.24. The molecule has 2 rings (SSSR count). The Bertz CT molecular complexity index is 290. The number of fused-ring (bicyclic) bond motifs is 2. The standard InChI is InChI=1S/C14H27N/c1-11(2)10-8-9-13(11,5)14(6,15-7)12(10,3)4/h10,15H,8-9H2,1-7H3/t10-,13+,14+/m1/s1. The highest BCUT2D eigenvalue weighted by molar-refractivity contribution is 5.26. The molecular weight excluding hydrogens is 182 g/mol. The topological polar surface area (TPSA) is 12.0 Å². The van der Waals surface area contributed by atoms with Crippen LogP contribution in [-0.2, 0) is 0 Å². The Morgan fingerprint density at radius 2 is 1.47 bits per heavy atom. The first-order valence-electron chi connectivity index (χ1n) is 6.34. The first-order valence-corrected chi connectivity index (χ1v) is 6.34. The Balaban J connectivity index is 2.61. The van der Waals surface area contributed by atoms with Crippen molar-refractivity contribution in [3.8, 4) is 0 Å². The van der Waals surface area contributed by atoms with E-state index in [-0.39, 0.29) is 5.54 Å². The minimum absolute atomic E-state index is 0.270. The monoisotopic (exact) mass is 209 g/mol. The summed E-state index contributed by atoms with van der Waals surface area (Å²) in [5.41, 5.74) is 1.57. The molecule has 2 aliphatic carbocycles. The van der Waals surface area contributed by atoms with Crippen LogP contribution in [0.2, 0.25) is 0 Å². The fraction of sp³-hybridized carbons (Fsp3) is 1.00. The van der Waals surface area contributed by atoms with E-state index in [1.165, 1.54) is 12.8 Å². The van der Waals surface area contributed by atoms with Gasteiger partial charge in [-0.25, -0.2) is 0 Å². The molecule has 0 aromatic carbocycles. The van der Waals surface area contributed by atoms with Crippen LogP contribution in [0.1, 0.15) is 54.4 Å². The van der Waals surface area contributed by atoms with Gasteiger partial charge in [0.2, 0.25) is 0 Å². The van der Waals surface area contributed by atoms with Gasteiger partial charge in [0.25, 0.3) is 0 Å². The smallest absolute Gasteiger partial charge is 0.0263 e. The lowest BCUT2D eigenvalue weighted by atomic mass is 9.58. The van der Waals surface area contributed by atoms with Crippen molar-refractivity contribution >= 4 is 0 Å². The molecule has 0 unspecified atom stereocenters. The lowest BCUT2D eigenvalue weighted by molar-refractivity contribution is 0.0163. The van der Waals surface area contributed by atoms with E-state index >= 15 is 0 Å². The van der Waals surface area contributed by atoms with Crippen molar-refractivity contribution in [3.63, 3.8) is 0 Å². The SMILES string of the molecule is CN[C@@]1(C)C(C)(C)[C@@H]2CC[C@@]1(C)C2(C)C. The summed E-state index contributed by atoms with van der Waals surface area (Å²) in [6.07, 6.45) is 2.79. The molecule has 88 valence electrons. The number of hydrogen-bond acceptors (Lipinski definition) is 1. The lowest BCUT2D eigenvalue weighted by Crippen LogP contribution is -2.60. The third kappa shape index (κ3) is 0.868. The van der Waals surface area contributed by atoms with Crippen molar-refractivity contribution in [1.29, 1.82) is 0 Å². The molecule has 0 saturated heterocycles. The van der Waals surface area contributed by atoms with Crippen molar-refractivity contribution in [2.24, 2.45) is 22.2 Å². The summed E-state index contributed by atoms with van der Waals surface area (Å²) in [6.45, 7) is 14.8. The van der Waals surface area contributed by atoms with Gasteiger partial charge in [0, 0.05) is 5.54 Å². The van der Waals surface area contributed by atoms with Gasteiger partial charge in [0.1, 0.15) is 0 Å². The van der Waals surface area contributed by atoms with Gasteiger partial charge in [-0.15, -0.1) is 0 Å². The molecule has 2 bridgehead atoms. The summed E-state index contributed by atoms with van der Waals surface area (Å²) in [5, 5.41) is 3.66. The molecule has 3 atom stereocenters. The molecule has 0 aliphatic heterocycles. The molecule has 2 aliphatic rings. The quantitative estimate of drug-likeness (QED) is 0.697. The molecule has 1 N–H and O–H groups in total. The zero-order valence-corrected chi connectivity index (χ0v) is 11.5. The minimum atomic E-state index is 0.270. The van der Waals surface area contributed by atoms with Crippen LogP contribution in [-0.4, -0.2) is 12.6 Å². The summed E-state index contributed by atoms with van der Waals surface area (Å²) in [5.74, 6) is 0.854. The van der Waals surface area contributed by atoms with Crippen LogP contribution in [0.3, 0.4) is 0 Å². The van der Waals surface area contributed by atoms with Gasteiger partial charge in [0.15, 0.2) is 0 Å². The number of nitrogens with one attached hydrogen (secondary N) is 1. The Labute approximate surface area is 95.0 Å². The summed E-state index contributed by atoms with van der Waals surface area (Å²) < 4.78 is 0. The molecule has 2 saturated carbocycles. The van der Waals surface area contributed by atoms with E-state index in [4.69, 9.17) is 0 Å². The summed E-state index contributed by atoms with van der Waals surface area (Å²) in [6, 6.07) is 0. The fourth-order valence-corrected chi connectivity index (χ4v) is 5.32. The Morgan fingerprint density at radius 1 is 0.933 bits per heavy atom. The molecule has 0 aromatic heterocycles. The van der Waals surface area contributed by atoms with Gasteiger partial charge in [-0.2, -0.15) is 0 Å². The fourth-order valence-electron chi connectivity index (χ4n) is 5.32. The van der Waals surface area contributed by atoms with Crippen molar-refractivity contribution < 1.29 is 0 Å². The Kier molecular flexibility index (Phi) is 1.99. The third-order valence-corrected chi connectivity index (χ3v) is 6.99. The number of hydrogen-bond donors (Lipinski definition) is 1. The van der Waals surface area contributed by atoms with E-state index < -0.39 is 0 Å². The first kappa shape index (κ1) is 11.4. The molecule has 0 heterocycles. The molecule has 0 amide bonds. The maximum Gasteiger partial charge on any atom is 0.0263 e. The Hall–Kier alpha value is -0.0400. The van der Waals surface area contributed by atoms with Crippen molar-refractivity contribution in [2.75, 3.05) is 7.05 Å². The normalized spacial score (nSPS) is 51.0. The van der Waals surface area contributed by atoms with Crippen molar-refractivity contribution in [1.82, 2.24) is 5.32 Å². The van der Waals surface area contributed by atoms with Gasteiger partial charge < -0.3 is 5.32 Å². The zero-order chi connectivity index (χ0) is 11.7. The van der Waals surface area contributed by atoms with E-state index in [2.05, 4.69) is 53.9 Å². The summed E-state index contributed by atoms with van der Waals surface area (Å²) in [4.78, 5) is 0. The second-order valence-corrected chi connectivity index (χ2v) is 7.24. The van der Waals surface area contributed by atoms with Gasteiger partial charge in [-0.1, -0.05) is 34.6 Å².